The molecule has 1 aliphatic rings. The van der Waals surface area contributed by atoms with Crippen LogP contribution in [0.15, 0.2) is 23.6 Å². The van der Waals surface area contributed by atoms with Gasteiger partial charge in [-0.2, -0.15) is 0 Å². The molecule has 0 unspecified atom stereocenters. The zero-order chi connectivity index (χ0) is 14.7. The summed E-state index contributed by atoms with van der Waals surface area (Å²) in [6.45, 7) is 5.37. The molecule has 1 aromatic carbocycles. The van der Waals surface area contributed by atoms with Crippen molar-refractivity contribution >= 4 is 11.3 Å². The Hall–Kier alpha value is -1.19. The van der Waals surface area contributed by atoms with E-state index < -0.39 is 0 Å². The second-order valence-corrected chi connectivity index (χ2v) is 7.12. The second kappa shape index (κ2) is 6.71. The fourth-order valence-corrected chi connectivity index (χ4v) is 3.73. The van der Waals surface area contributed by atoms with Gasteiger partial charge < -0.3 is 5.32 Å². The Kier molecular flexibility index (Phi) is 4.71. The van der Waals surface area contributed by atoms with Gasteiger partial charge in [-0.1, -0.05) is 26.0 Å². The number of rotatable bonds is 5. The van der Waals surface area contributed by atoms with Gasteiger partial charge in [-0.05, 0) is 42.9 Å². The molecule has 112 valence electrons. The number of fused-ring (bicyclic) bond motifs is 1. The summed E-state index contributed by atoms with van der Waals surface area (Å²) >= 11 is 1.78. The highest BCUT2D eigenvalue weighted by Gasteiger charge is 2.11. The molecule has 3 heteroatoms. The lowest BCUT2D eigenvalue weighted by molar-refractivity contribution is 0.590. The molecule has 2 nitrogen and oxygen atoms in total. The van der Waals surface area contributed by atoms with E-state index in [1.165, 1.54) is 41.8 Å². The Morgan fingerprint density at radius 3 is 2.81 bits per heavy atom. The molecule has 0 radical (unpaired) electrons. The van der Waals surface area contributed by atoms with Crippen molar-refractivity contribution in [2.45, 2.75) is 52.0 Å². The van der Waals surface area contributed by atoms with Crippen molar-refractivity contribution in [3.05, 3.63) is 39.7 Å². The van der Waals surface area contributed by atoms with Gasteiger partial charge in [0.1, 0.15) is 0 Å². The van der Waals surface area contributed by atoms with E-state index in [2.05, 4.69) is 42.7 Å². The molecule has 0 atom stereocenters. The highest BCUT2D eigenvalue weighted by atomic mass is 32.1. The molecule has 1 N–H and O–H groups in total. The number of aromatic nitrogens is 1. The zero-order valence-electron chi connectivity index (χ0n) is 13.0. The summed E-state index contributed by atoms with van der Waals surface area (Å²) in [5.41, 5.74) is 5.51. The fraction of sp³-hybridized carbons (Fsp3) is 0.500. The van der Waals surface area contributed by atoms with Crippen molar-refractivity contribution in [1.29, 1.82) is 0 Å². The normalized spacial score (nSPS) is 14.4. The molecule has 1 aromatic heterocycles. The summed E-state index contributed by atoms with van der Waals surface area (Å²) in [5, 5.41) is 6.89. The van der Waals surface area contributed by atoms with Crippen LogP contribution < -0.4 is 5.32 Å². The molecule has 21 heavy (non-hydrogen) atoms. The third kappa shape index (κ3) is 3.72. The molecule has 0 amide bonds. The molecule has 0 fully saturated rings. The van der Waals surface area contributed by atoms with Gasteiger partial charge >= 0.3 is 0 Å². The summed E-state index contributed by atoms with van der Waals surface area (Å²) in [7, 11) is 0. The number of thiazole rings is 1. The topological polar surface area (TPSA) is 24.9 Å². The van der Waals surface area contributed by atoms with E-state index in [9.17, 15) is 0 Å². The van der Waals surface area contributed by atoms with Crippen LogP contribution >= 0.6 is 11.3 Å². The summed E-state index contributed by atoms with van der Waals surface area (Å²) in [5.74, 6) is 0. The van der Waals surface area contributed by atoms with Crippen LogP contribution in [-0.2, 0) is 19.3 Å². The molecule has 1 aliphatic carbocycles. The maximum absolute atomic E-state index is 4.80. The first-order chi connectivity index (χ1) is 10.2. The van der Waals surface area contributed by atoms with E-state index in [4.69, 9.17) is 4.98 Å². The zero-order valence-corrected chi connectivity index (χ0v) is 13.8. The Bertz CT molecular complexity index is 601. The Labute approximate surface area is 131 Å². The monoisotopic (exact) mass is 300 g/mol. The summed E-state index contributed by atoms with van der Waals surface area (Å²) in [4.78, 5) is 4.80. The van der Waals surface area contributed by atoms with Gasteiger partial charge in [0.15, 0.2) is 0 Å². The molecule has 0 saturated heterocycles. The van der Waals surface area contributed by atoms with E-state index in [1.807, 2.05) is 0 Å². The van der Waals surface area contributed by atoms with Gasteiger partial charge in [0.05, 0.1) is 10.7 Å². The molecule has 0 saturated carbocycles. The number of hydrogen-bond donors (Lipinski definition) is 1. The van der Waals surface area contributed by atoms with Gasteiger partial charge in [0.2, 0.25) is 0 Å². The van der Waals surface area contributed by atoms with Crippen molar-refractivity contribution in [3.63, 3.8) is 0 Å². The molecule has 0 aliphatic heterocycles. The van der Waals surface area contributed by atoms with Crippen LogP contribution in [0.5, 0.6) is 0 Å². The standard InChI is InChI=1S/C18H24N2S/c1-13(2)19-10-9-18-20-17(12-21-18)16-8-7-14-5-3-4-6-15(14)11-16/h7-8,11-13,19H,3-6,9-10H2,1-2H3. The van der Waals surface area contributed by atoms with Gasteiger partial charge in [0, 0.05) is 30.0 Å². The Morgan fingerprint density at radius 2 is 2.00 bits per heavy atom. The lowest BCUT2D eigenvalue weighted by Crippen LogP contribution is -2.24. The van der Waals surface area contributed by atoms with E-state index >= 15 is 0 Å². The van der Waals surface area contributed by atoms with Gasteiger partial charge in [-0.15, -0.1) is 11.3 Å². The molecule has 1 heterocycles. The average molecular weight is 300 g/mol. The van der Waals surface area contributed by atoms with E-state index in [1.54, 1.807) is 16.9 Å². The summed E-state index contributed by atoms with van der Waals surface area (Å²) < 4.78 is 0. The molecule has 0 bridgehead atoms. The van der Waals surface area contributed by atoms with Crippen molar-refractivity contribution < 1.29 is 0 Å². The third-order valence-electron chi connectivity index (χ3n) is 4.09. The predicted octanol–water partition coefficient (Wildman–Crippen LogP) is 4.23. The quantitative estimate of drug-likeness (QED) is 0.894. The van der Waals surface area contributed by atoms with E-state index in [-0.39, 0.29) is 0 Å². The molecular weight excluding hydrogens is 276 g/mol. The first-order valence-corrected chi connectivity index (χ1v) is 8.90. The van der Waals surface area contributed by atoms with E-state index in [0.717, 1.165) is 18.7 Å². The molecule has 2 aromatic rings. The minimum atomic E-state index is 0.546. The number of aryl methyl sites for hydroxylation is 2. The highest BCUT2D eigenvalue weighted by Crippen LogP contribution is 2.28. The first-order valence-electron chi connectivity index (χ1n) is 8.02. The van der Waals surface area contributed by atoms with Crippen molar-refractivity contribution in [2.75, 3.05) is 6.54 Å². The lowest BCUT2D eigenvalue weighted by atomic mass is 9.90. The van der Waals surface area contributed by atoms with Gasteiger partial charge in [0.25, 0.3) is 0 Å². The summed E-state index contributed by atoms with van der Waals surface area (Å²) in [6, 6.07) is 7.46. The van der Waals surface area contributed by atoms with Crippen LogP contribution in [0, 0.1) is 0 Å². The predicted molar refractivity (Wildman–Crippen MR) is 91.0 cm³/mol. The second-order valence-electron chi connectivity index (χ2n) is 6.18. The van der Waals surface area contributed by atoms with Crippen molar-refractivity contribution in [1.82, 2.24) is 10.3 Å². The van der Waals surface area contributed by atoms with Crippen LogP contribution in [0.4, 0.5) is 0 Å². The van der Waals surface area contributed by atoms with Crippen LogP contribution in [-0.4, -0.2) is 17.6 Å². The molecule has 0 spiro atoms. The number of benzene rings is 1. The number of hydrogen-bond acceptors (Lipinski definition) is 3. The largest absolute Gasteiger partial charge is 0.314 e. The van der Waals surface area contributed by atoms with Crippen LogP contribution in [0.3, 0.4) is 0 Å². The minimum Gasteiger partial charge on any atom is -0.314 e. The number of nitrogens with one attached hydrogen (secondary N) is 1. The van der Waals surface area contributed by atoms with Gasteiger partial charge in [-0.25, -0.2) is 4.98 Å². The van der Waals surface area contributed by atoms with Crippen LogP contribution in [0.2, 0.25) is 0 Å². The first kappa shape index (κ1) is 14.7. The Morgan fingerprint density at radius 1 is 1.19 bits per heavy atom. The van der Waals surface area contributed by atoms with Gasteiger partial charge in [-0.3, -0.25) is 0 Å². The highest BCUT2D eigenvalue weighted by molar-refractivity contribution is 7.09. The third-order valence-corrected chi connectivity index (χ3v) is 5.00. The average Bonchev–Trinajstić information content (AvgIpc) is 2.95. The summed E-state index contributed by atoms with van der Waals surface area (Å²) in [6.07, 6.45) is 6.18. The Balaban J connectivity index is 1.71. The maximum atomic E-state index is 4.80. The molecular formula is C18H24N2S. The van der Waals surface area contributed by atoms with Crippen molar-refractivity contribution in [2.24, 2.45) is 0 Å². The lowest BCUT2D eigenvalue weighted by Gasteiger charge is -2.16. The number of nitrogens with zero attached hydrogens (tertiary/aromatic N) is 1. The SMILES string of the molecule is CC(C)NCCc1nc(-c2ccc3c(c2)CCCC3)cs1. The van der Waals surface area contributed by atoms with Crippen molar-refractivity contribution in [3.8, 4) is 11.3 Å². The minimum absolute atomic E-state index is 0.546. The maximum Gasteiger partial charge on any atom is 0.0945 e. The fourth-order valence-electron chi connectivity index (χ4n) is 2.92. The molecule has 3 rings (SSSR count). The van der Waals surface area contributed by atoms with Crippen LogP contribution in [0.25, 0.3) is 11.3 Å². The smallest absolute Gasteiger partial charge is 0.0945 e. The van der Waals surface area contributed by atoms with Crippen LogP contribution in [0.1, 0.15) is 42.8 Å². The van der Waals surface area contributed by atoms with E-state index in [0.29, 0.717) is 6.04 Å².